The highest BCUT2D eigenvalue weighted by Gasteiger charge is 2.35. The number of nitrogen functional groups attached to an aromatic ring is 1. The molecule has 2 N–H and O–H groups in total. The first-order valence-corrected chi connectivity index (χ1v) is 5.50. The number of nitrogens with zero attached hydrogens (tertiary/aromatic N) is 1. The van der Waals surface area contributed by atoms with Gasteiger partial charge in [0, 0.05) is 23.4 Å². The Kier molecular flexibility index (Phi) is 1.81. The van der Waals surface area contributed by atoms with E-state index in [1.54, 1.807) is 0 Å². The molecule has 0 aromatic heterocycles. The Morgan fingerprint density at radius 2 is 2.19 bits per heavy atom. The molecule has 2 nitrogen and oxygen atoms in total. The molecule has 1 aromatic rings. The van der Waals surface area contributed by atoms with E-state index < -0.39 is 0 Å². The smallest absolute Gasteiger partial charge is 0.0865 e. The molecular weight excluding hydrogens is 196 g/mol. The Labute approximate surface area is 95.2 Å². The van der Waals surface area contributed by atoms with E-state index in [2.05, 4.69) is 42.3 Å². The van der Waals surface area contributed by atoms with Crippen LogP contribution in [-0.2, 0) is 0 Å². The SMILES string of the molecule is CC12C=CC=CC1c1cccc(N)c1C=N2. The zero-order chi connectivity index (χ0) is 11.2. The molecule has 1 aliphatic carbocycles. The Balaban J connectivity index is 2.23. The van der Waals surface area contributed by atoms with E-state index in [1.807, 2.05) is 18.3 Å². The molecule has 0 saturated heterocycles. The number of hydrogen-bond acceptors (Lipinski definition) is 2. The van der Waals surface area contributed by atoms with E-state index in [9.17, 15) is 0 Å². The zero-order valence-electron chi connectivity index (χ0n) is 9.22. The summed E-state index contributed by atoms with van der Waals surface area (Å²) in [6, 6.07) is 6.08. The van der Waals surface area contributed by atoms with Crippen LogP contribution in [0.15, 0.2) is 47.5 Å². The molecule has 80 valence electrons. The van der Waals surface area contributed by atoms with Crippen LogP contribution >= 0.6 is 0 Å². The van der Waals surface area contributed by atoms with Crippen LogP contribution < -0.4 is 5.73 Å². The summed E-state index contributed by atoms with van der Waals surface area (Å²) < 4.78 is 0. The molecule has 0 radical (unpaired) electrons. The van der Waals surface area contributed by atoms with Crippen molar-refractivity contribution in [3.8, 4) is 0 Å². The number of fused-ring (bicyclic) bond motifs is 3. The molecular formula is C14H14N2. The monoisotopic (exact) mass is 210 g/mol. The molecule has 1 aromatic carbocycles. The van der Waals surface area contributed by atoms with E-state index in [-0.39, 0.29) is 5.54 Å². The number of rotatable bonds is 0. The quantitative estimate of drug-likeness (QED) is 0.657. The van der Waals surface area contributed by atoms with Gasteiger partial charge in [-0.25, -0.2) is 0 Å². The van der Waals surface area contributed by atoms with Crippen LogP contribution in [-0.4, -0.2) is 11.8 Å². The van der Waals surface area contributed by atoms with Crippen molar-refractivity contribution in [3.05, 3.63) is 53.6 Å². The van der Waals surface area contributed by atoms with Crippen LogP contribution in [0, 0.1) is 0 Å². The number of anilines is 1. The molecule has 0 spiro atoms. The number of aliphatic imine (C=N–C) groups is 1. The van der Waals surface area contributed by atoms with E-state index in [1.165, 1.54) is 5.56 Å². The molecule has 2 heteroatoms. The van der Waals surface area contributed by atoms with Gasteiger partial charge in [0.1, 0.15) is 0 Å². The fraction of sp³-hybridized carbons (Fsp3) is 0.214. The first-order chi connectivity index (χ1) is 7.71. The highest BCUT2D eigenvalue weighted by atomic mass is 14.9. The summed E-state index contributed by atoms with van der Waals surface area (Å²) in [5, 5.41) is 0. The van der Waals surface area contributed by atoms with Crippen molar-refractivity contribution < 1.29 is 0 Å². The molecule has 1 heterocycles. The third kappa shape index (κ3) is 1.16. The Morgan fingerprint density at radius 1 is 1.31 bits per heavy atom. The van der Waals surface area contributed by atoms with Crippen molar-refractivity contribution in [2.75, 3.05) is 5.73 Å². The highest BCUT2D eigenvalue weighted by Crippen LogP contribution is 2.41. The first-order valence-electron chi connectivity index (χ1n) is 5.50. The Morgan fingerprint density at radius 3 is 3.06 bits per heavy atom. The van der Waals surface area contributed by atoms with Crippen LogP contribution in [0.25, 0.3) is 0 Å². The second kappa shape index (κ2) is 3.08. The second-order valence-electron chi connectivity index (χ2n) is 4.56. The lowest BCUT2D eigenvalue weighted by Crippen LogP contribution is -2.32. The van der Waals surface area contributed by atoms with Gasteiger partial charge in [-0.1, -0.05) is 36.4 Å². The van der Waals surface area contributed by atoms with E-state index in [4.69, 9.17) is 5.73 Å². The maximum absolute atomic E-state index is 5.97. The Hall–Kier alpha value is -1.83. The molecule has 0 amide bonds. The van der Waals surface area contributed by atoms with E-state index in [0.717, 1.165) is 11.3 Å². The molecule has 2 unspecified atom stereocenters. The summed E-state index contributed by atoms with van der Waals surface area (Å²) in [6.45, 7) is 2.15. The summed E-state index contributed by atoms with van der Waals surface area (Å²) in [4.78, 5) is 4.64. The second-order valence-corrected chi connectivity index (χ2v) is 4.56. The van der Waals surface area contributed by atoms with Crippen molar-refractivity contribution in [1.82, 2.24) is 0 Å². The molecule has 2 atom stereocenters. The summed E-state index contributed by atoms with van der Waals surface area (Å²) in [5.41, 5.74) is 8.99. The van der Waals surface area contributed by atoms with Gasteiger partial charge < -0.3 is 5.73 Å². The minimum Gasteiger partial charge on any atom is -0.398 e. The normalized spacial score (nSPS) is 29.9. The van der Waals surface area contributed by atoms with Gasteiger partial charge in [0.2, 0.25) is 0 Å². The number of allylic oxidation sites excluding steroid dienone is 2. The predicted octanol–water partition coefficient (Wildman–Crippen LogP) is 2.67. The van der Waals surface area contributed by atoms with Gasteiger partial charge in [0.15, 0.2) is 0 Å². The highest BCUT2D eigenvalue weighted by molar-refractivity contribution is 5.91. The van der Waals surface area contributed by atoms with Gasteiger partial charge in [-0.3, -0.25) is 4.99 Å². The van der Waals surface area contributed by atoms with Gasteiger partial charge in [0.25, 0.3) is 0 Å². The minimum absolute atomic E-state index is 0.143. The number of benzene rings is 1. The molecule has 2 aliphatic rings. The van der Waals surface area contributed by atoms with E-state index in [0.29, 0.717) is 5.92 Å². The van der Waals surface area contributed by atoms with Gasteiger partial charge in [-0.2, -0.15) is 0 Å². The van der Waals surface area contributed by atoms with Crippen molar-refractivity contribution >= 4 is 11.9 Å². The minimum atomic E-state index is -0.143. The van der Waals surface area contributed by atoms with Crippen LogP contribution in [0.2, 0.25) is 0 Å². The third-order valence-electron chi connectivity index (χ3n) is 3.46. The lowest BCUT2D eigenvalue weighted by molar-refractivity contribution is 0.517. The first kappa shape index (κ1) is 9.40. The van der Waals surface area contributed by atoms with Crippen molar-refractivity contribution in [3.63, 3.8) is 0 Å². The summed E-state index contributed by atoms with van der Waals surface area (Å²) >= 11 is 0. The summed E-state index contributed by atoms with van der Waals surface area (Å²) in [6.07, 6.45) is 10.4. The van der Waals surface area contributed by atoms with Crippen molar-refractivity contribution in [1.29, 1.82) is 0 Å². The fourth-order valence-electron chi connectivity index (χ4n) is 2.49. The molecule has 3 rings (SSSR count). The maximum Gasteiger partial charge on any atom is 0.0865 e. The summed E-state index contributed by atoms with van der Waals surface area (Å²) in [5.74, 6) is 0.306. The van der Waals surface area contributed by atoms with Gasteiger partial charge in [-0.05, 0) is 18.6 Å². The molecule has 1 aliphatic heterocycles. The predicted molar refractivity (Wildman–Crippen MR) is 67.9 cm³/mol. The fourth-order valence-corrected chi connectivity index (χ4v) is 2.49. The van der Waals surface area contributed by atoms with Crippen LogP contribution in [0.1, 0.15) is 24.0 Å². The van der Waals surface area contributed by atoms with Crippen LogP contribution in [0.4, 0.5) is 5.69 Å². The number of hydrogen-bond donors (Lipinski definition) is 1. The van der Waals surface area contributed by atoms with Gasteiger partial charge in [-0.15, -0.1) is 0 Å². The summed E-state index contributed by atoms with van der Waals surface area (Å²) in [7, 11) is 0. The topological polar surface area (TPSA) is 38.4 Å². The molecule has 16 heavy (non-hydrogen) atoms. The van der Waals surface area contributed by atoms with Crippen molar-refractivity contribution in [2.24, 2.45) is 4.99 Å². The Bertz CT molecular complexity index is 526. The lowest BCUT2D eigenvalue weighted by atomic mass is 9.75. The average molecular weight is 210 g/mol. The van der Waals surface area contributed by atoms with Crippen molar-refractivity contribution in [2.45, 2.75) is 18.4 Å². The van der Waals surface area contributed by atoms with Gasteiger partial charge >= 0.3 is 0 Å². The largest absolute Gasteiger partial charge is 0.398 e. The standard InChI is InChI=1S/C14H14N2/c1-14-8-3-2-6-12(14)10-5-4-7-13(15)11(10)9-16-14/h2-9,12H,15H2,1H3. The lowest BCUT2D eigenvalue weighted by Gasteiger charge is -2.36. The zero-order valence-corrected chi connectivity index (χ0v) is 9.22. The molecule has 0 saturated carbocycles. The third-order valence-corrected chi connectivity index (χ3v) is 3.46. The maximum atomic E-state index is 5.97. The van der Waals surface area contributed by atoms with E-state index >= 15 is 0 Å². The average Bonchev–Trinajstić information content (AvgIpc) is 2.28. The van der Waals surface area contributed by atoms with Crippen LogP contribution in [0.3, 0.4) is 0 Å². The molecule has 0 fully saturated rings. The molecule has 0 bridgehead atoms. The van der Waals surface area contributed by atoms with Crippen LogP contribution in [0.5, 0.6) is 0 Å². The number of nitrogens with two attached hydrogens (primary N) is 1. The van der Waals surface area contributed by atoms with Gasteiger partial charge in [0.05, 0.1) is 5.54 Å².